The van der Waals surface area contributed by atoms with Crippen molar-refractivity contribution in [2.45, 2.75) is 6.42 Å². The molecule has 4 nitrogen and oxygen atoms in total. The largest absolute Gasteiger partial charge is 0.310 e. The van der Waals surface area contributed by atoms with E-state index >= 15 is 0 Å². The molecule has 5 heteroatoms. The van der Waals surface area contributed by atoms with Crippen LogP contribution < -0.4 is 5.32 Å². The second-order valence-corrected chi connectivity index (χ2v) is 3.93. The fourth-order valence-electron chi connectivity index (χ4n) is 1.12. The molecule has 0 aliphatic carbocycles. The number of anilines is 1. The van der Waals surface area contributed by atoms with Crippen molar-refractivity contribution in [3.05, 3.63) is 41.0 Å². The number of nitrogens with one attached hydrogen (secondary N) is 1. The number of rotatable bonds is 3. The Bertz CT molecular complexity index is 427. The van der Waals surface area contributed by atoms with E-state index in [1.807, 2.05) is 17.5 Å². The van der Waals surface area contributed by atoms with Crippen molar-refractivity contribution in [3.8, 4) is 0 Å². The molecule has 0 bridgehead atoms. The molecule has 0 unspecified atom stereocenters. The number of carbonyl (C=O) groups is 1. The lowest BCUT2D eigenvalue weighted by Gasteiger charge is -2.01. The fraction of sp³-hybridized carbons (Fsp3) is 0.100. The zero-order valence-corrected chi connectivity index (χ0v) is 8.70. The molecule has 2 heterocycles. The molecule has 0 fully saturated rings. The van der Waals surface area contributed by atoms with Crippen LogP contribution in [0.2, 0.25) is 0 Å². The summed E-state index contributed by atoms with van der Waals surface area (Å²) in [4.78, 5) is 20.2. The first kappa shape index (κ1) is 9.79. The molecule has 2 rings (SSSR count). The van der Waals surface area contributed by atoms with Crippen LogP contribution in [0.25, 0.3) is 0 Å². The lowest BCUT2D eigenvalue weighted by molar-refractivity contribution is -0.115. The van der Waals surface area contributed by atoms with Gasteiger partial charge >= 0.3 is 0 Å². The van der Waals surface area contributed by atoms with Gasteiger partial charge in [0.05, 0.1) is 6.42 Å². The highest BCUT2D eigenvalue weighted by molar-refractivity contribution is 7.10. The maximum Gasteiger partial charge on any atom is 0.230 e. The summed E-state index contributed by atoms with van der Waals surface area (Å²) in [6, 6.07) is 5.52. The van der Waals surface area contributed by atoms with E-state index in [2.05, 4.69) is 15.3 Å². The summed E-state index contributed by atoms with van der Waals surface area (Å²) in [5.74, 6) is 0.475. The molecule has 2 aromatic rings. The average Bonchev–Trinajstić information content (AvgIpc) is 2.71. The first-order valence-corrected chi connectivity index (χ1v) is 5.31. The Labute approximate surface area is 91.0 Å². The second kappa shape index (κ2) is 4.65. The van der Waals surface area contributed by atoms with Gasteiger partial charge in [0, 0.05) is 11.1 Å². The van der Waals surface area contributed by atoms with E-state index in [-0.39, 0.29) is 5.91 Å². The van der Waals surface area contributed by atoms with E-state index in [4.69, 9.17) is 0 Å². The minimum absolute atomic E-state index is 0.0591. The van der Waals surface area contributed by atoms with Gasteiger partial charge in [-0.3, -0.25) is 4.79 Å². The fourth-order valence-corrected chi connectivity index (χ4v) is 1.83. The van der Waals surface area contributed by atoms with Crippen molar-refractivity contribution < 1.29 is 4.79 Å². The van der Waals surface area contributed by atoms with Gasteiger partial charge in [-0.25, -0.2) is 9.97 Å². The van der Waals surface area contributed by atoms with Crippen LogP contribution in [-0.4, -0.2) is 15.9 Å². The Balaban J connectivity index is 1.94. The molecular formula is C10H9N3OS. The number of carbonyl (C=O) groups excluding carboxylic acids is 1. The van der Waals surface area contributed by atoms with Crippen LogP contribution in [0.5, 0.6) is 0 Å². The first-order valence-electron chi connectivity index (χ1n) is 4.43. The maximum atomic E-state index is 11.5. The Morgan fingerprint density at radius 1 is 1.47 bits per heavy atom. The van der Waals surface area contributed by atoms with Crippen LogP contribution in [-0.2, 0) is 11.2 Å². The van der Waals surface area contributed by atoms with Crippen LogP contribution in [0.15, 0.2) is 36.1 Å². The van der Waals surface area contributed by atoms with Gasteiger partial charge in [0.1, 0.15) is 12.1 Å². The van der Waals surface area contributed by atoms with Gasteiger partial charge in [-0.1, -0.05) is 6.07 Å². The minimum atomic E-state index is -0.0591. The van der Waals surface area contributed by atoms with Crippen molar-refractivity contribution in [2.75, 3.05) is 5.32 Å². The van der Waals surface area contributed by atoms with Crippen LogP contribution in [0, 0.1) is 0 Å². The summed E-state index contributed by atoms with van der Waals surface area (Å²) in [7, 11) is 0. The highest BCUT2D eigenvalue weighted by Crippen LogP contribution is 2.10. The van der Waals surface area contributed by atoms with Crippen molar-refractivity contribution in [1.29, 1.82) is 0 Å². The zero-order chi connectivity index (χ0) is 10.5. The lowest BCUT2D eigenvalue weighted by Crippen LogP contribution is -2.14. The smallest absolute Gasteiger partial charge is 0.230 e. The van der Waals surface area contributed by atoms with Gasteiger partial charge in [0.15, 0.2) is 0 Å². The van der Waals surface area contributed by atoms with Crippen LogP contribution in [0.3, 0.4) is 0 Å². The van der Waals surface area contributed by atoms with Crippen molar-refractivity contribution in [1.82, 2.24) is 9.97 Å². The molecule has 0 atom stereocenters. The molecule has 1 N–H and O–H groups in total. The second-order valence-electron chi connectivity index (χ2n) is 2.90. The number of nitrogens with zero attached hydrogens (tertiary/aromatic N) is 2. The SMILES string of the molecule is O=C(Cc1cccs1)Nc1ccncn1. The molecule has 0 aromatic carbocycles. The molecule has 0 saturated heterocycles. The topological polar surface area (TPSA) is 54.9 Å². The summed E-state index contributed by atoms with van der Waals surface area (Å²) in [5.41, 5.74) is 0. The van der Waals surface area contributed by atoms with Gasteiger partial charge in [-0.15, -0.1) is 11.3 Å². The van der Waals surface area contributed by atoms with Gasteiger partial charge in [-0.2, -0.15) is 0 Å². The van der Waals surface area contributed by atoms with Crippen molar-refractivity contribution >= 4 is 23.1 Å². The average molecular weight is 219 g/mol. The highest BCUT2D eigenvalue weighted by atomic mass is 32.1. The summed E-state index contributed by atoms with van der Waals surface area (Å²) in [6.07, 6.45) is 3.39. The van der Waals surface area contributed by atoms with Crippen molar-refractivity contribution in [2.24, 2.45) is 0 Å². The van der Waals surface area contributed by atoms with Gasteiger partial charge in [0.2, 0.25) is 5.91 Å². The lowest BCUT2D eigenvalue weighted by atomic mass is 10.3. The highest BCUT2D eigenvalue weighted by Gasteiger charge is 2.04. The molecule has 0 radical (unpaired) electrons. The third kappa shape index (κ3) is 2.85. The molecule has 0 aliphatic rings. The Morgan fingerprint density at radius 3 is 3.07 bits per heavy atom. The monoisotopic (exact) mass is 219 g/mol. The zero-order valence-electron chi connectivity index (χ0n) is 7.88. The van der Waals surface area contributed by atoms with Gasteiger partial charge < -0.3 is 5.32 Å². The predicted molar refractivity (Wildman–Crippen MR) is 58.7 cm³/mol. The Hall–Kier alpha value is -1.75. The van der Waals surface area contributed by atoms with E-state index in [0.717, 1.165) is 4.88 Å². The number of hydrogen-bond acceptors (Lipinski definition) is 4. The molecule has 0 spiro atoms. The van der Waals surface area contributed by atoms with Crippen LogP contribution >= 0.6 is 11.3 Å². The Morgan fingerprint density at radius 2 is 2.40 bits per heavy atom. The molecule has 2 aromatic heterocycles. The first-order chi connectivity index (χ1) is 7.34. The van der Waals surface area contributed by atoms with E-state index in [0.29, 0.717) is 12.2 Å². The van der Waals surface area contributed by atoms with Crippen LogP contribution in [0.4, 0.5) is 5.82 Å². The van der Waals surface area contributed by atoms with E-state index in [9.17, 15) is 4.79 Å². The molecule has 15 heavy (non-hydrogen) atoms. The van der Waals surface area contributed by atoms with Crippen molar-refractivity contribution in [3.63, 3.8) is 0 Å². The van der Waals surface area contributed by atoms with Gasteiger partial charge in [-0.05, 0) is 17.5 Å². The number of aromatic nitrogens is 2. The Kier molecular flexibility index (Phi) is 3.04. The maximum absolute atomic E-state index is 11.5. The normalized spacial score (nSPS) is 9.87. The van der Waals surface area contributed by atoms with Gasteiger partial charge in [0.25, 0.3) is 0 Å². The minimum Gasteiger partial charge on any atom is -0.310 e. The van der Waals surface area contributed by atoms with Crippen LogP contribution in [0.1, 0.15) is 4.88 Å². The number of amides is 1. The quantitative estimate of drug-likeness (QED) is 0.855. The number of thiophene rings is 1. The third-order valence-electron chi connectivity index (χ3n) is 1.76. The summed E-state index contributed by atoms with van der Waals surface area (Å²) >= 11 is 1.57. The van der Waals surface area contributed by atoms with E-state index < -0.39 is 0 Å². The number of hydrogen-bond donors (Lipinski definition) is 1. The third-order valence-corrected chi connectivity index (χ3v) is 2.64. The van der Waals surface area contributed by atoms with E-state index in [1.54, 1.807) is 23.6 Å². The summed E-state index contributed by atoms with van der Waals surface area (Å²) < 4.78 is 0. The molecule has 76 valence electrons. The summed E-state index contributed by atoms with van der Waals surface area (Å²) in [6.45, 7) is 0. The van der Waals surface area contributed by atoms with E-state index in [1.165, 1.54) is 6.33 Å². The summed E-state index contributed by atoms with van der Waals surface area (Å²) in [5, 5.41) is 4.65. The molecular weight excluding hydrogens is 210 g/mol. The molecule has 0 saturated carbocycles. The molecule has 1 amide bonds. The molecule has 0 aliphatic heterocycles. The predicted octanol–water partition coefficient (Wildman–Crippen LogP) is 1.72. The standard InChI is InChI=1S/C10H9N3OS/c14-10(6-8-2-1-5-15-8)13-9-3-4-11-7-12-9/h1-5,7H,6H2,(H,11,12,13,14).